The van der Waals surface area contributed by atoms with Gasteiger partial charge >= 0.3 is 0 Å². The van der Waals surface area contributed by atoms with Crippen LogP contribution in [0.4, 0.5) is 5.69 Å². The molecule has 6 heteroatoms. The van der Waals surface area contributed by atoms with Crippen LogP contribution in [0.2, 0.25) is 0 Å². The molecule has 2 aromatic carbocycles. The van der Waals surface area contributed by atoms with Crippen LogP contribution >= 0.6 is 15.9 Å². The van der Waals surface area contributed by atoms with E-state index in [9.17, 15) is 0 Å². The van der Waals surface area contributed by atoms with Gasteiger partial charge in [-0.25, -0.2) is 4.98 Å². The minimum Gasteiger partial charge on any atom is -0.434 e. The third kappa shape index (κ3) is 1.95. The number of fused-ring (bicyclic) bond motifs is 2. The first kappa shape index (κ1) is 12.3. The standard InChI is InChI=1S/C15H9BrN4O/c16-8-6-10(17)14-12(7-8)20-15(21-14)9-2-1-3-11-13(9)19-5-4-18-11/h1-7H,17H2. The highest BCUT2D eigenvalue weighted by molar-refractivity contribution is 9.10. The first-order valence-electron chi connectivity index (χ1n) is 6.28. The molecule has 2 aromatic heterocycles. The molecule has 0 radical (unpaired) electrons. The molecule has 0 aliphatic heterocycles. The Morgan fingerprint density at radius 1 is 1.05 bits per heavy atom. The highest BCUT2D eigenvalue weighted by Gasteiger charge is 2.14. The summed E-state index contributed by atoms with van der Waals surface area (Å²) < 4.78 is 6.69. The fraction of sp³-hybridized carbons (Fsp3) is 0. The number of nitrogens with two attached hydrogens (primary N) is 1. The van der Waals surface area contributed by atoms with E-state index in [1.165, 1.54) is 0 Å². The van der Waals surface area contributed by atoms with Crippen LogP contribution in [0.3, 0.4) is 0 Å². The Morgan fingerprint density at radius 2 is 1.90 bits per heavy atom. The molecule has 0 aliphatic rings. The fourth-order valence-electron chi connectivity index (χ4n) is 2.30. The zero-order chi connectivity index (χ0) is 14.4. The third-order valence-corrected chi connectivity index (χ3v) is 3.67. The smallest absolute Gasteiger partial charge is 0.229 e. The van der Waals surface area contributed by atoms with E-state index in [0.29, 0.717) is 22.7 Å². The van der Waals surface area contributed by atoms with Crippen molar-refractivity contribution in [3.63, 3.8) is 0 Å². The molecule has 0 spiro atoms. The van der Waals surface area contributed by atoms with E-state index >= 15 is 0 Å². The van der Waals surface area contributed by atoms with E-state index < -0.39 is 0 Å². The molecule has 4 rings (SSSR count). The summed E-state index contributed by atoms with van der Waals surface area (Å²) in [6.45, 7) is 0. The fourth-order valence-corrected chi connectivity index (χ4v) is 2.77. The summed E-state index contributed by atoms with van der Waals surface area (Å²) >= 11 is 3.40. The van der Waals surface area contributed by atoms with Crippen molar-refractivity contribution < 1.29 is 4.42 Å². The van der Waals surface area contributed by atoms with Crippen LogP contribution in [0, 0.1) is 0 Å². The van der Waals surface area contributed by atoms with Gasteiger partial charge in [-0.2, -0.15) is 0 Å². The van der Waals surface area contributed by atoms with Crippen molar-refractivity contribution in [1.82, 2.24) is 15.0 Å². The number of anilines is 1. The summed E-state index contributed by atoms with van der Waals surface area (Å²) in [5.74, 6) is 0.487. The monoisotopic (exact) mass is 340 g/mol. The molecule has 102 valence electrons. The summed E-state index contributed by atoms with van der Waals surface area (Å²) in [6, 6.07) is 9.38. The molecular formula is C15H9BrN4O. The average Bonchev–Trinajstić information content (AvgIpc) is 2.90. The Morgan fingerprint density at radius 3 is 2.81 bits per heavy atom. The number of oxazole rings is 1. The second kappa shape index (κ2) is 4.53. The van der Waals surface area contributed by atoms with Crippen LogP contribution in [0.15, 0.2) is 51.6 Å². The van der Waals surface area contributed by atoms with Gasteiger partial charge in [0.05, 0.1) is 16.8 Å². The van der Waals surface area contributed by atoms with Crippen LogP contribution in [0.25, 0.3) is 33.6 Å². The van der Waals surface area contributed by atoms with Gasteiger partial charge in [0.15, 0.2) is 5.58 Å². The number of para-hydroxylation sites is 1. The van der Waals surface area contributed by atoms with Gasteiger partial charge in [-0.15, -0.1) is 0 Å². The largest absolute Gasteiger partial charge is 0.434 e. The minimum absolute atomic E-state index is 0.487. The zero-order valence-electron chi connectivity index (χ0n) is 10.7. The molecule has 0 bridgehead atoms. The number of hydrogen-bond acceptors (Lipinski definition) is 5. The second-order valence-corrected chi connectivity index (χ2v) is 5.51. The highest BCUT2D eigenvalue weighted by atomic mass is 79.9. The average molecular weight is 341 g/mol. The van der Waals surface area contributed by atoms with Crippen LogP contribution in [-0.4, -0.2) is 15.0 Å². The topological polar surface area (TPSA) is 77.8 Å². The van der Waals surface area contributed by atoms with E-state index in [1.807, 2.05) is 24.3 Å². The van der Waals surface area contributed by atoms with Gasteiger partial charge in [0.2, 0.25) is 5.89 Å². The van der Waals surface area contributed by atoms with Crippen molar-refractivity contribution in [3.8, 4) is 11.5 Å². The lowest BCUT2D eigenvalue weighted by atomic mass is 10.2. The van der Waals surface area contributed by atoms with Crippen molar-refractivity contribution in [1.29, 1.82) is 0 Å². The number of hydrogen-bond donors (Lipinski definition) is 1. The summed E-state index contributed by atoms with van der Waals surface area (Å²) in [5, 5.41) is 0. The second-order valence-electron chi connectivity index (χ2n) is 4.59. The molecule has 21 heavy (non-hydrogen) atoms. The van der Waals surface area contributed by atoms with E-state index in [0.717, 1.165) is 21.1 Å². The maximum Gasteiger partial charge on any atom is 0.229 e. The summed E-state index contributed by atoms with van der Waals surface area (Å²) in [7, 11) is 0. The van der Waals surface area contributed by atoms with Gasteiger partial charge in [-0.1, -0.05) is 22.0 Å². The van der Waals surface area contributed by atoms with Gasteiger partial charge in [-0.05, 0) is 24.3 Å². The Hall–Kier alpha value is -2.47. The Labute approximate surface area is 128 Å². The number of benzene rings is 2. The zero-order valence-corrected chi connectivity index (χ0v) is 12.3. The number of rotatable bonds is 1. The number of aromatic nitrogens is 3. The van der Waals surface area contributed by atoms with E-state index in [2.05, 4.69) is 30.9 Å². The summed E-state index contributed by atoms with van der Waals surface area (Å²) in [5.41, 5.74) is 10.1. The molecule has 5 nitrogen and oxygen atoms in total. The molecule has 0 unspecified atom stereocenters. The third-order valence-electron chi connectivity index (χ3n) is 3.21. The van der Waals surface area contributed by atoms with Gasteiger partial charge in [0.1, 0.15) is 11.0 Å². The number of nitrogen functional groups attached to an aromatic ring is 1. The van der Waals surface area contributed by atoms with Crippen molar-refractivity contribution in [2.24, 2.45) is 0 Å². The lowest BCUT2D eigenvalue weighted by molar-refractivity contribution is 0.621. The lowest BCUT2D eigenvalue weighted by Gasteiger charge is -2.00. The predicted octanol–water partition coefficient (Wildman–Crippen LogP) is 3.78. The van der Waals surface area contributed by atoms with E-state index in [1.54, 1.807) is 18.5 Å². The Balaban J connectivity index is 2.03. The Bertz CT molecular complexity index is 975. The molecule has 0 saturated heterocycles. The quantitative estimate of drug-likeness (QED) is 0.533. The van der Waals surface area contributed by atoms with Gasteiger partial charge in [0.25, 0.3) is 0 Å². The predicted molar refractivity (Wildman–Crippen MR) is 84.7 cm³/mol. The van der Waals surface area contributed by atoms with Crippen LogP contribution in [0.5, 0.6) is 0 Å². The normalized spacial score (nSPS) is 11.3. The molecule has 4 aromatic rings. The highest BCUT2D eigenvalue weighted by Crippen LogP contribution is 2.32. The molecule has 0 amide bonds. The SMILES string of the molecule is Nc1cc(Br)cc2nc(-c3cccc4nccnc34)oc12. The molecule has 0 atom stereocenters. The number of nitrogens with zero attached hydrogens (tertiary/aromatic N) is 3. The maximum absolute atomic E-state index is 5.97. The van der Waals surface area contributed by atoms with Gasteiger partial charge < -0.3 is 10.2 Å². The van der Waals surface area contributed by atoms with Gasteiger partial charge in [0, 0.05) is 16.9 Å². The van der Waals surface area contributed by atoms with Crippen molar-refractivity contribution in [3.05, 3.63) is 47.2 Å². The first-order valence-corrected chi connectivity index (χ1v) is 7.07. The van der Waals surface area contributed by atoms with Gasteiger partial charge in [-0.3, -0.25) is 9.97 Å². The molecule has 2 heterocycles. The molecular weight excluding hydrogens is 332 g/mol. The molecule has 0 fully saturated rings. The summed E-state index contributed by atoms with van der Waals surface area (Å²) in [4.78, 5) is 13.2. The van der Waals surface area contributed by atoms with Crippen molar-refractivity contribution >= 4 is 43.8 Å². The van der Waals surface area contributed by atoms with Crippen molar-refractivity contribution in [2.45, 2.75) is 0 Å². The molecule has 0 aliphatic carbocycles. The van der Waals surface area contributed by atoms with E-state index in [-0.39, 0.29) is 0 Å². The van der Waals surface area contributed by atoms with E-state index in [4.69, 9.17) is 10.2 Å². The lowest BCUT2D eigenvalue weighted by Crippen LogP contribution is -1.86. The minimum atomic E-state index is 0.487. The van der Waals surface area contributed by atoms with Crippen LogP contribution in [-0.2, 0) is 0 Å². The molecule has 2 N–H and O–H groups in total. The van der Waals surface area contributed by atoms with Crippen LogP contribution < -0.4 is 5.73 Å². The first-order chi connectivity index (χ1) is 10.2. The van der Waals surface area contributed by atoms with Crippen LogP contribution in [0.1, 0.15) is 0 Å². The van der Waals surface area contributed by atoms with Crippen molar-refractivity contribution in [2.75, 3.05) is 5.73 Å². The number of halogens is 1. The Kier molecular flexibility index (Phi) is 2.65. The molecule has 0 saturated carbocycles. The summed E-state index contributed by atoms with van der Waals surface area (Å²) in [6.07, 6.45) is 3.31. The maximum atomic E-state index is 5.97.